The number of aromatic nitrogens is 1. The van der Waals surface area contributed by atoms with Crippen molar-refractivity contribution in [1.82, 2.24) is 4.98 Å². The monoisotopic (exact) mass is 370 g/mol. The van der Waals surface area contributed by atoms with Gasteiger partial charge in [-0.2, -0.15) is 13.2 Å². The first kappa shape index (κ1) is 16.6. The van der Waals surface area contributed by atoms with E-state index in [4.69, 9.17) is 11.5 Å². The van der Waals surface area contributed by atoms with Crippen molar-refractivity contribution in [3.8, 4) is 0 Å². The van der Waals surface area contributed by atoms with Gasteiger partial charge in [-0.25, -0.2) is 9.98 Å². The molecule has 1 fully saturated rings. The highest BCUT2D eigenvalue weighted by Crippen LogP contribution is 2.51. The van der Waals surface area contributed by atoms with Crippen molar-refractivity contribution < 1.29 is 13.2 Å². The maximum absolute atomic E-state index is 13.7. The highest BCUT2D eigenvalue weighted by Gasteiger charge is 2.46. The number of thioether (sulfide) groups is 1. The summed E-state index contributed by atoms with van der Waals surface area (Å²) in [5.41, 5.74) is 11.2. The number of pyridine rings is 1. The van der Waals surface area contributed by atoms with Gasteiger partial charge in [0.05, 0.1) is 16.9 Å². The molecule has 2 atom stereocenters. The highest BCUT2D eigenvalue weighted by molar-refractivity contribution is 8.01. The molecule has 4 heterocycles. The first-order valence-corrected chi connectivity index (χ1v) is 8.86. The van der Waals surface area contributed by atoms with Crippen molar-refractivity contribution in [2.24, 2.45) is 21.5 Å². The van der Waals surface area contributed by atoms with Crippen LogP contribution in [-0.4, -0.2) is 41.5 Å². The van der Waals surface area contributed by atoms with Gasteiger partial charge in [-0.15, -0.1) is 0 Å². The zero-order valence-electron chi connectivity index (χ0n) is 13.2. The molecule has 3 aliphatic rings. The maximum Gasteiger partial charge on any atom is 0.416 e. The molecule has 2 unspecified atom stereocenters. The number of fused-ring (bicyclic) bond motifs is 3. The normalized spacial score (nSPS) is 26.4. The largest absolute Gasteiger partial charge is 0.416 e. The smallest absolute Gasteiger partial charge is 0.386 e. The molecule has 4 N–H and O–H groups in total. The van der Waals surface area contributed by atoms with Crippen LogP contribution in [0.2, 0.25) is 0 Å². The number of nitrogens with two attached hydrogens (primary N) is 2. The lowest BCUT2D eigenvalue weighted by molar-refractivity contribution is -0.138. The van der Waals surface area contributed by atoms with Gasteiger partial charge in [-0.3, -0.25) is 4.99 Å². The molecule has 0 spiro atoms. The molecule has 6 nitrogen and oxygen atoms in total. The molecule has 1 aromatic rings. The number of halogens is 3. The minimum absolute atomic E-state index is 0.0929. The Labute approximate surface area is 146 Å². The summed E-state index contributed by atoms with van der Waals surface area (Å²) in [6.45, 7) is 1.20. The number of hydrogen-bond donors (Lipinski definition) is 2. The van der Waals surface area contributed by atoms with Crippen molar-refractivity contribution >= 4 is 29.8 Å². The Morgan fingerprint density at radius 1 is 1.24 bits per heavy atom. The Hall–Kier alpha value is -1.81. The van der Waals surface area contributed by atoms with Crippen molar-refractivity contribution in [2.75, 3.05) is 18.0 Å². The van der Waals surface area contributed by atoms with Crippen LogP contribution in [0.4, 0.5) is 19.0 Å². The van der Waals surface area contributed by atoms with Crippen molar-refractivity contribution in [3.63, 3.8) is 0 Å². The number of piperidine rings is 1. The topological polar surface area (TPSA) is 92.9 Å². The Bertz CT molecular complexity index is 754. The summed E-state index contributed by atoms with van der Waals surface area (Å²) < 4.78 is 41.2. The first-order valence-electron chi connectivity index (χ1n) is 7.98. The van der Waals surface area contributed by atoms with Crippen LogP contribution in [0.3, 0.4) is 0 Å². The van der Waals surface area contributed by atoms with Gasteiger partial charge in [-0.05, 0) is 18.9 Å². The average molecular weight is 370 g/mol. The lowest BCUT2D eigenvalue weighted by atomic mass is 9.98. The fraction of sp³-hybridized carbons (Fsp3) is 0.533. The zero-order valence-corrected chi connectivity index (χ0v) is 14.0. The van der Waals surface area contributed by atoms with Crippen molar-refractivity contribution in [3.05, 3.63) is 17.2 Å². The molecular weight excluding hydrogens is 353 g/mol. The number of alkyl halides is 3. The van der Waals surface area contributed by atoms with E-state index in [9.17, 15) is 13.2 Å². The second kappa shape index (κ2) is 5.87. The van der Waals surface area contributed by atoms with E-state index in [0.717, 1.165) is 18.9 Å². The van der Waals surface area contributed by atoms with Crippen LogP contribution in [0.15, 0.2) is 21.1 Å². The van der Waals surface area contributed by atoms with Gasteiger partial charge in [0.1, 0.15) is 23.0 Å². The van der Waals surface area contributed by atoms with Gasteiger partial charge in [0.2, 0.25) is 0 Å². The molecule has 0 aromatic carbocycles. The maximum atomic E-state index is 13.7. The van der Waals surface area contributed by atoms with Gasteiger partial charge in [0.15, 0.2) is 0 Å². The molecule has 1 saturated heterocycles. The predicted octanol–water partition coefficient (Wildman–Crippen LogP) is 1.94. The molecule has 134 valence electrons. The Kier molecular flexibility index (Phi) is 3.91. The fourth-order valence-corrected chi connectivity index (χ4v) is 4.64. The molecule has 0 saturated carbocycles. The third-order valence-electron chi connectivity index (χ3n) is 4.73. The number of hydrogen-bond acceptors (Lipinski definition) is 7. The predicted molar refractivity (Wildman–Crippen MR) is 91.2 cm³/mol. The van der Waals surface area contributed by atoms with Crippen LogP contribution >= 0.6 is 11.8 Å². The zero-order chi connectivity index (χ0) is 17.8. The second-order valence-electron chi connectivity index (χ2n) is 6.37. The molecule has 0 aliphatic carbocycles. The lowest BCUT2D eigenvalue weighted by Crippen LogP contribution is -2.40. The fourth-order valence-electron chi connectivity index (χ4n) is 3.38. The first-order chi connectivity index (χ1) is 11.8. The Morgan fingerprint density at radius 3 is 2.64 bits per heavy atom. The van der Waals surface area contributed by atoms with Crippen LogP contribution in [0.5, 0.6) is 0 Å². The van der Waals surface area contributed by atoms with E-state index in [1.807, 2.05) is 4.90 Å². The third kappa shape index (κ3) is 2.86. The van der Waals surface area contributed by atoms with E-state index in [-0.39, 0.29) is 17.4 Å². The highest BCUT2D eigenvalue weighted by atomic mass is 32.2. The summed E-state index contributed by atoms with van der Waals surface area (Å²) in [4.78, 5) is 14.4. The van der Waals surface area contributed by atoms with Gasteiger partial charge >= 0.3 is 6.18 Å². The van der Waals surface area contributed by atoms with Gasteiger partial charge in [0, 0.05) is 24.7 Å². The summed E-state index contributed by atoms with van der Waals surface area (Å²) in [6.07, 6.45) is -1.78. The van der Waals surface area contributed by atoms with E-state index in [0.29, 0.717) is 23.9 Å². The summed E-state index contributed by atoms with van der Waals surface area (Å²) in [5, 5.41) is -0.0921. The third-order valence-corrected chi connectivity index (χ3v) is 6.01. The Morgan fingerprint density at radius 2 is 1.96 bits per heavy atom. The standard InChI is InChI=1S/C15H17F3N6S/c16-15(17,18)8-5-9(24-3-1-7(19)2-4-24)23-14-10(8)11-12(25-14)13(20)22-6-21-11/h5-7,11-12H,1-4,19H2,(H2,20,21,22). The molecule has 1 aromatic heterocycles. The lowest BCUT2D eigenvalue weighted by Gasteiger charge is -2.32. The summed E-state index contributed by atoms with van der Waals surface area (Å²) >= 11 is 1.21. The summed E-state index contributed by atoms with van der Waals surface area (Å²) in [7, 11) is 0. The number of aliphatic imine (C=N–C) groups is 2. The molecule has 4 rings (SSSR count). The molecular formula is C15H17F3N6S. The van der Waals surface area contributed by atoms with Gasteiger partial charge < -0.3 is 16.4 Å². The van der Waals surface area contributed by atoms with E-state index >= 15 is 0 Å². The number of anilines is 1. The number of rotatable bonds is 1. The van der Waals surface area contributed by atoms with Crippen molar-refractivity contribution in [2.45, 2.75) is 41.4 Å². The molecule has 0 radical (unpaired) electrons. The molecule has 25 heavy (non-hydrogen) atoms. The minimum Gasteiger partial charge on any atom is -0.386 e. The molecule has 0 amide bonds. The average Bonchev–Trinajstić information content (AvgIpc) is 2.94. The number of nitrogens with zero attached hydrogens (tertiary/aromatic N) is 4. The van der Waals surface area contributed by atoms with E-state index in [1.54, 1.807) is 0 Å². The Balaban J connectivity index is 1.78. The second-order valence-corrected chi connectivity index (χ2v) is 7.50. The van der Waals surface area contributed by atoms with Crippen molar-refractivity contribution in [1.29, 1.82) is 0 Å². The number of amidine groups is 1. The SMILES string of the molecule is NC1=NC=NC2c3c(C(F)(F)F)cc(N4CCC(N)CC4)nc3SC12. The van der Waals surface area contributed by atoms with Gasteiger partial charge in [0.25, 0.3) is 0 Å². The van der Waals surface area contributed by atoms with Crippen LogP contribution < -0.4 is 16.4 Å². The molecule has 10 heteroatoms. The molecule has 0 bridgehead atoms. The van der Waals surface area contributed by atoms with Gasteiger partial charge in [-0.1, -0.05) is 11.8 Å². The van der Waals surface area contributed by atoms with E-state index < -0.39 is 23.0 Å². The summed E-state index contributed by atoms with van der Waals surface area (Å²) in [6, 6.07) is 0.539. The van der Waals surface area contributed by atoms with Crippen LogP contribution in [0.1, 0.15) is 30.0 Å². The van der Waals surface area contributed by atoms with Crippen LogP contribution in [0.25, 0.3) is 0 Å². The minimum atomic E-state index is -4.48. The summed E-state index contributed by atoms with van der Waals surface area (Å²) in [5.74, 6) is 0.616. The van der Waals surface area contributed by atoms with E-state index in [1.165, 1.54) is 18.1 Å². The quantitative estimate of drug-likeness (QED) is 0.788. The van der Waals surface area contributed by atoms with Crippen LogP contribution in [-0.2, 0) is 6.18 Å². The van der Waals surface area contributed by atoms with E-state index in [2.05, 4.69) is 15.0 Å². The molecule has 3 aliphatic heterocycles. The van der Waals surface area contributed by atoms with Crippen LogP contribution in [0, 0.1) is 0 Å².